The van der Waals surface area contributed by atoms with Gasteiger partial charge in [0.2, 0.25) is 6.08 Å². The van der Waals surface area contributed by atoms with Crippen LogP contribution in [0.5, 0.6) is 5.75 Å². The van der Waals surface area contributed by atoms with Gasteiger partial charge in [0.1, 0.15) is 11.8 Å². The van der Waals surface area contributed by atoms with Crippen LogP contribution in [0.25, 0.3) is 0 Å². The fourth-order valence-electron chi connectivity index (χ4n) is 1.01. The van der Waals surface area contributed by atoms with Gasteiger partial charge in [-0.3, -0.25) is 0 Å². The van der Waals surface area contributed by atoms with Crippen LogP contribution in [0, 0.1) is 11.3 Å². The van der Waals surface area contributed by atoms with Crippen molar-refractivity contribution in [1.29, 1.82) is 5.26 Å². The largest absolute Gasteiger partial charge is 0.492 e. The van der Waals surface area contributed by atoms with E-state index < -0.39 is 0 Å². The molecule has 0 heterocycles. The second-order valence-corrected chi connectivity index (χ2v) is 2.43. The van der Waals surface area contributed by atoms with E-state index in [1.807, 2.05) is 13.0 Å². The molecule has 4 nitrogen and oxygen atoms in total. The summed E-state index contributed by atoms with van der Waals surface area (Å²) >= 11 is 0. The number of nitriles is 1. The van der Waals surface area contributed by atoms with Gasteiger partial charge in [0, 0.05) is 0 Å². The molecule has 1 rings (SSSR count). The zero-order chi connectivity index (χ0) is 10.4. The Labute approximate surface area is 81.5 Å². The first-order valence-electron chi connectivity index (χ1n) is 4.06. The number of hydrogen-bond donors (Lipinski definition) is 0. The lowest BCUT2D eigenvalue weighted by atomic mass is 10.2. The van der Waals surface area contributed by atoms with Crippen molar-refractivity contribution in [2.45, 2.75) is 6.92 Å². The van der Waals surface area contributed by atoms with E-state index >= 15 is 0 Å². The van der Waals surface area contributed by atoms with Gasteiger partial charge < -0.3 is 4.74 Å². The Morgan fingerprint density at radius 2 is 2.36 bits per heavy atom. The maximum absolute atomic E-state index is 9.98. The molecule has 0 fully saturated rings. The minimum atomic E-state index is 0.364. The summed E-state index contributed by atoms with van der Waals surface area (Å²) in [5, 5.41) is 8.77. The molecule has 0 radical (unpaired) electrons. The van der Waals surface area contributed by atoms with Crippen molar-refractivity contribution in [3.05, 3.63) is 23.8 Å². The van der Waals surface area contributed by atoms with Crippen LogP contribution in [-0.4, -0.2) is 12.7 Å². The van der Waals surface area contributed by atoms with Gasteiger partial charge in [-0.25, -0.2) is 4.79 Å². The maximum Gasteiger partial charge on any atom is 0.240 e. The van der Waals surface area contributed by atoms with E-state index in [0.29, 0.717) is 23.6 Å². The molecule has 0 spiro atoms. The molecule has 1 aromatic carbocycles. The monoisotopic (exact) mass is 188 g/mol. The molecule has 1 aromatic rings. The van der Waals surface area contributed by atoms with Gasteiger partial charge in [0.25, 0.3) is 0 Å². The highest BCUT2D eigenvalue weighted by molar-refractivity contribution is 5.56. The van der Waals surface area contributed by atoms with Crippen LogP contribution in [0.3, 0.4) is 0 Å². The van der Waals surface area contributed by atoms with Gasteiger partial charge in [0.05, 0.1) is 17.9 Å². The third-order valence-electron chi connectivity index (χ3n) is 1.56. The van der Waals surface area contributed by atoms with Crippen LogP contribution >= 0.6 is 0 Å². The van der Waals surface area contributed by atoms with Gasteiger partial charge >= 0.3 is 0 Å². The highest BCUT2D eigenvalue weighted by Gasteiger charge is 2.03. The number of nitrogens with zero attached hydrogens (tertiary/aromatic N) is 2. The summed E-state index contributed by atoms with van der Waals surface area (Å²) in [6, 6.07) is 6.65. The molecule has 0 aliphatic heterocycles. The molecule has 0 aromatic heterocycles. The molecule has 0 bridgehead atoms. The quantitative estimate of drug-likeness (QED) is 0.537. The highest BCUT2D eigenvalue weighted by atomic mass is 16.5. The fraction of sp³-hybridized carbons (Fsp3) is 0.200. The molecular formula is C10H8N2O2. The summed E-state index contributed by atoms with van der Waals surface area (Å²) in [4.78, 5) is 13.4. The first kappa shape index (κ1) is 9.97. The third kappa shape index (κ3) is 2.19. The van der Waals surface area contributed by atoms with E-state index in [1.165, 1.54) is 12.1 Å². The normalized spacial score (nSPS) is 8.57. The lowest BCUT2D eigenvalue weighted by Crippen LogP contribution is -1.93. The van der Waals surface area contributed by atoms with E-state index in [1.54, 1.807) is 12.1 Å². The van der Waals surface area contributed by atoms with Crippen molar-refractivity contribution in [1.82, 2.24) is 0 Å². The van der Waals surface area contributed by atoms with Crippen molar-refractivity contribution >= 4 is 11.8 Å². The predicted molar refractivity (Wildman–Crippen MR) is 50.1 cm³/mol. The SMILES string of the molecule is CCOc1ccc(N=C=O)cc1C#N. The first-order valence-corrected chi connectivity index (χ1v) is 4.06. The summed E-state index contributed by atoms with van der Waals surface area (Å²) in [7, 11) is 0. The van der Waals surface area contributed by atoms with E-state index in [9.17, 15) is 4.79 Å². The zero-order valence-corrected chi connectivity index (χ0v) is 7.65. The van der Waals surface area contributed by atoms with E-state index in [-0.39, 0.29) is 0 Å². The Hall–Kier alpha value is -2.11. The molecule has 0 saturated carbocycles. The van der Waals surface area contributed by atoms with Crippen LogP contribution in [0.4, 0.5) is 5.69 Å². The molecular weight excluding hydrogens is 180 g/mol. The fourth-order valence-corrected chi connectivity index (χ4v) is 1.01. The Morgan fingerprint density at radius 3 is 2.93 bits per heavy atom. The standard InChI is InChI=1S/C10H8N2O2/c1-2-14-10-4-3-9(12-7-13)5-8(10)6-11/h3-5H,2H2,1H3. The van der Waals surface area contributed by atoms with Crippen molar-refractivity contribution in [2.75, 3.05) is 6.61 Å². The van der Waals surface area contributed by atoms with Gasteiger partial charge in [-0.1, -0.05) is 0 Å². The van der Waals surface area contributed by atoms with Crippen molar-refractivity contribution < 1.29 is 9.53 Å². The number of benzene rings is 1. The molecule has 0 aliphatic rings. The predicted octanol–water partition coefficient (Wildman–Crippen LogP) is 1.92. The molecule has 14 heavy (non-hydrogen) atoms. The second-order valence-electron chi connectivity index (χ2n) is 2.43. The summed E-state index contributed by atoms with van der Waals surface area (Å²) < 4.78 is 5.20. The van der Waals surface area contributed by atoms with Crippen LogP contribution in [0.2, 0.25) is 0 Å². The molecule has 0 amide bonds. The zero-order valence-electron chi connectivity index (χ0n) is 7.65. The average Bonchev–Trinajstić information content (AvgIpc) is 2.21. The van der Waals surface area contributed by atoms with Gasteiger partial charge in [-0.15, -0.1) is 0 Å². The number of hydrogen-bond acceptors (Lipinski definition) is 4. The van der Waals surface area contributed by atoms with Gasteiger partial charge in [0.15, 0.2) is 0 Å². The van der Waals surface area contributed by atoms with Crippen LogP contribution < -0.4 is 4.74 Å². The topological polar surface area (TPSA) is 62.4 Å². The minimum Gasteiger partial charge on any atom is -0.492 e. The van der Waals surface area contributed by atoms with Gasteiger partial charge in [-0.2, -0.15) is 10.3 Å². The maximum atomic E-state index is 9.98. The number of rotatable bonds is 3. The molecule has 4 heteroatoms. The van der Waals surface area contributed by atoms with Crippen LogP contribution in [0.15, 0.2) is 23.2 Å². The second kappa shape index (κ2) is 4.80. The first-order chi connectivity index (χ1) is 6.81. The van der Waals surface area contributed by atoms with Gasteiger partial charge in [-0.05, 0) is 25.1 Å². The number of carbonyl (C=O) groups excluding carboxylic acids is 1. The Balaban J connectivity index is 3.12. The molecule has 70 valence electrons. The molecule has 0 unspecified atom stereocenters. The van der Waals surface area contributed by atoms with E-state index in [4.69, 9.17) is 10.00 Å². The minimum absolute atomic E-state index is 0.364. The Kier molecular flexibility index (Phi) is 3.42. The smallest absolute Gasteiger partial charge is 0.240 e. The van der Waals surface area contributed by atoms with Crippen molar-refractivity contribution in [3.63, 3.8) is 0 Å². The molecule has 0 aliphatic carbocycles. The number of aliphatic imine (C=N–C) groups is 1. The summed E-state index contributed by atoms with van der Waals surface area (Å²) in [5.74, 6) is 0.500. The highest BCUT2D eigenvalue weighted by Crippen LogP contribution is 2.23. The lowest BCUT2D eigenvalue weighted by molar-refractivity contribution is 0.339. The Morgan fingerprint density at radius 1 is 1.57 bits per heavy atom. The van der Waals surface area contributed by atoms with Crippen LogP contribution in [0.1, 0.15) is 12.5 Å². The summed E-state index contributed by atoms with van der Waals surface area (Å²) in [6.45, 7) is 2.32. The average molecular weight is 188 g/mol. The van der Waals surface area contributed by atoms with E-state index in [2.05, 4.69) is 4.99 Å². The molecule has 0 saturated heterocycles. The van der Waals surface area contributed by atoms with E-state index in [0.717, 1.165) is 0 Å². The summed E-state index contributed by atoms with van der Waals surface area (Å²) in [5.41, 5.74) is 0.767. The number of ether oxygens (including phenoxy) is 1. The third-order valence-corrected chi connectivity index (χ3v) is 1.56. The summed E-state index contributed by atoms with van der Waals surface area (Å²) in [6.07, 6.45) is 1.41. The lowest BCUT2D eigenvalue weighted by Gasteiger charge is -2.04. The van der Waals surface area contributed by atoms with Crippen LogP contribution in [-0.2, 0) is 4.79 Å². The van der Waals surface area contributed by atoms with Crippen molar-refractivity contribution in [2.24, 2.45) is 4.99 Å². The Bertz CT molecular complexity index is 415. The molecule has 0 atom stereocenters. The molecule has 0 N–H and O–H groups in total. The number of isocyanates is 1. The van der Waals surface area contributed by atoms with Crippen molar-refractivity contribution in [3.8, 4) is 11.8 Å².